The van der Waals surface area contributed by atoms with Gasteiger partial charge in [-0.05, 0) is 19.9 Å². The third-order valence-electron chi connectivity index (χ3n) is 3.74. The number of nitrogens with one attached hydrogen (secondary N) is 1. The molecule has 1 aromatic carbocycles. The zero-order valence-corrected chi connectivity index (χ0v) is 16.2. The molecule has 3 aromatic rings. The molecule has 8 heteroatoms. The van der Waals surface area contributed by atoms with E-state index in [1.807, 2.05) is 36.6 Å². The highest BCUT2D eigenvalue weighted by Crippen LogP contribution is 2.33. The molecule has 0 spiro atoms. The molecule has 0 unspecified atom stereocenters. The summed E-state index contributed by atoms with van der Waals surface area (Å²) in [6.07, 6.45) is 0. The van der Waals surface area contributed by atoms with Crippen LogP contribution in [0.25, 0.3) is 11.0 Å². The van der Waals surface area contributed by atoms with Gasteiger partial charge in [0, 0.05) is 27.8 Å². The van der Waals surface area contributed by atoms with E-state index < -0.39 is 17.9 Å². The van der Waals surface area contributed by atoms with Gasteiger partial charge < -0.3 is 14.5 Å². The summed E-state index contributed by atoms with van der Waals surface area (Å²) in [6, 6.07) is 6.73. The fourth-order valence-electron chi connectivity index (χ4n) is 2.46. The summed E-state index contributed by atoms with van der Waals surface area (Å²) in [5, 5.41) is 5.49. The summed E-state index contributed by atoms with van der Waals surface area (Å²) in [6.45, 7) is 3.51. The fraction of sp³-hybridized carbons (Fsp3) is 0.278. The zero-order valence-electron chi connectivity index (χ0n) is 14.6. The van der Waals surface area contributed by atoms with E-state index in [-0.39, 0.29) is 5.76 Å². The minimum atomic E-state index is -0.761. The number of amides is 1. The molecule has 136 valence electrons. The van der Waals surface area contributed by atoms with Crippen LogP contribution in [0.15, 0.2) is 38.4 Å². The second kappa shape index (κ2) is 7.92. The number of thiazole rings is 1. The summed E-state index contributed by atoms with van der Waals surface area (Å²) < 4.78 is 11.4. The average Bonchev–Trinajstić information content (AvgIpc) is 3.22. The van der Waals surface area contributed by atoms with Gasteiger partial charge in [0.2, 0.25) is 0 Å². The lowest BCUT2D eigenvalue weighted by Crippen LogP contribution is -2.39. The molecule has 1 amide bonds. The maximum atomic E-state index is 12.6. The molecule has 2 aromatic heterocycles. The van der Waals surface area contributed by atoms with Gasteiger partial charge >= 0.3 is 5.97 Å². The number of carbonyl (C=O) groups is 2. The van der Waals surface area contributed by atoms with Gasteiger partial charge in [-0.25, -0.2) is 9.78 Å². The Bertz CT molecular complexity index is 948. The Hall–Kier alpha value is -2.32. The van der Waals surface area contributed by atoms with Gasteiger partial charge in [-0.15, -0.1) is 11.3 Å². The number of ether oxygens (including phenoxy) is 1. The Labute approximate surface area is 158 Å². The smallest absolute Gasteiger partial charge is 0.328 e. The van der Waals surface area contributed by atoms with E-state index >= 15 is 0 Å². The molecule has 0 saturated heterocycles. The van der Waals surface area contributed by atoms with Crippen LogP contribution in [0.4, 0.5) is 0 Å². The van der Waals surface area contributed by atoms with E-state index in [1.165, 1.54) is 7.11 Å². The Morgan fingerprint density at radius 2 is 2.15 bits per heavy atom. The Kier molecular flexibility index (Phi) is 5.63. The number of fused-ring (bicyclic) bond motifs is 1. The average molecular weight is 390 g/mol. The van der Waals surface area contributed by atoms with Crippen LogP contribution in [0.3, 0.4) is 0 Å². The summed E-state index contributed by atoms with van der Waals surface area (Å²) in [5.41, 5.74) is 2.39. The van der Waals surface area contributed by atoms with Crippen molar-refractivity contribution in [2.45, 2.75) is 30.0 Å². The highest BCUT2D eigenvalue weighted by Gasteiger charge is 2.24. The topological polar surface area (TPSA) is 81.4 Å². The van der Waals surface area contributed by atoms with Crippen LogP contribution >= 0.6 is 23.1 Å². The predicted molar refractivity (Wildman–Crippen MR) is 102 cm³/mol. The van der Waals surface area contributed by atoms with Gasteiger partial charge in [-0.2, -0.15) is 0 Å². The van der Waals surface area contributed by atoms with E-state index in [0.29, 0.717) is 11.3 Å². The second-order valence-electron chi connectivity index (χ2n) is 5.67. The maximum absolute atomic E-state index is 12.6. The van der Waals surface area contributed by atoms with E-state index in [1.54, 1.807) is 30.0 Å². The molecule has 2 heterocycles. The van der Waals surface area contributed by atoms with E-state index in [2.05, 4.69) is 15.0 Å². The minimum Gasteiger partial charge on any atom is -0.467 e. The van der Waals surface area contributed by atoms with Crippen molar-refractivity contribution in [3.8, 4) is 0 Å². The molecule has 0 radical (unpaired) electrons. The highest BCUT2D eigenvalue weighted by atomic mass is 32.2. The lowest BCUT2D eigenvalue weighted by atomic mass is 10.1. The number of aromatic nitrogens is 1. The van der Waals surface area contributed by atoms with Crippen LogP contribution in [-0.2, 0) is 15.3 Å². The number of methoxy groups -OCH3 is 1. The monoisotopic (exact) mass is 390 g/mol. The molecule has 26 heavy (non-hydrogen) atoms. The van der Waals surface area contributed by atoms with Crippen molar-refractivity contribution in [1.82, 2.24) is 10.3 Å². The molecule has 0 aliphatic heterocycles. The fourth-order valence-corrected chi connectivity index (χ4v) is 4.33. The summed E-state index contributed by atoms with van der Waals surface area (Å²) in [4.78, 5) is 28.7. The van der Waals surface area contributed by atoms with Gasteiger partial charge in [-0.1, -0.05) is 30.0 Å². The third kappa shape index (κ3) is 3.91. The van der Waals surface area contributed by atoms with Gasteiger partial charge in [-0.3, -0.25) is 4.79 Å². The Morgan fingerprint density at radius 3 is 2.85 bits per heavy atom. The van der Waals surface area contributed by atoms with Crippen molar-refractivity contribution in [3.05, 3.63) is 46.7 Å². The molecule has 0 fully saturated rings. The number of rotatable bonds is 6. The highest BCUT2D eigenvalue weighted by molar-refractivity contribution is 8.00. The molecule has 1 N–H and O–H groups in total. The van der Waals surface area contributed by atoms with Gasteiger partial charge in [0.1, 0.15) is 16.0 Å². The number of esters is 1. The summed E-state index contributed by atoms with van der Waals surface area (Å²) in [7, 11) is 1.28. The Morgan fingerprint density at radius 1 is 1.38 bits per heavy atom. The second-order valence-corrected chi connectivity index (χ2v) is 7.75. The largest absolute Gasteiger partial charge is 0.467 e. The third-order valence-corrected chi connectivity index (χ3v) is 5.91. The minimum absolute atomic E-state index is 0.211. The van der Waals surface area contributed by atoms with Crippen LogP contribution < -0.4 is 5.32 Å². The van der Waals surface area contributed by atoms with Crippen LogP contribution in [-0.4, -0.2) is 30.0 Å². The predicted octanol–water partition coefficient (Wildman–Crippen LogP) is 3.78. The van der Waals surface area contributed by atoms with Crippen LogP contribution in [0, 0.1) is 6.92 Å². The number of nitrogens with zero attached hydrogens (tertiary/aromatic N) is 1. The van der Waals surface area contributed by atoms with Crippen LogP contribution in [0.2, 0.25) is 0 Å². The van der Waals surface area contributed by atoms with Crippen molar-refractivity contribution >= 4 is 45.9 Å². The molecule has 1 atom stereocenters. The van der Waals surface area contributed by atoms with Crippen LogP contribution in [0.1, 0.15) is 28.7 Å². The van der Waals surface area contributed by atoms with Gasteiger partial charge in [0.05, 0.1) is 7.11 Å². The number of hydrogen-bond acceptors (Lipinski definition) is 7. The molecule has 0 aliphatic rings. The SMILES string of the molecule is COC(=O)[C@H](C)NC(=O)c1oc2ccccc2c1CSc1nc(C)cs1. The number of carbonyl (C=O) groups excluding carboxylic acids is 2. The quantitative estimate of drug-likeness (QED) is 0.509. The lowest BCUT2D eigenvalue weighted by Gasteiger charge is -2.11. The molecule has 0 aliphatic carbocycles. The summed E-state index contributed by atoms with van der Waals surface area (Å²) in [5.74, 6) is -0.198. The number of thioether (sulfide) groups is 1. The van der Waals surface area contributed by atoms with Crippen molar-refractivity contribution in [2.24, 2.45) is 0 Å². The zero-order chi connectivity index (χ0) is 18.7. The standard InChI is InChI=1S/C18H18N2O4S2/c1-10-8-25-18(19-10)26-9-13-12-6-4-5-7-14(12)24-15(13)16(21)20-11(2)17(22)23-3/h4-8,11H,9H2,1-3H3,(H,20,21)/t11-/m0/s1. The molecular weight excluding hydrogens is 372 g/mol. The number of hydrogen-bond donors (Lipinski definition) is 1. The number of furan rings is 1. The first-order valence-electron chi connectivity index (χ1n) is 7.93. The molecule has 3 rings (SSSR count). The van der Waals surface area contributed by atoms with Crippen molar-refractivity contribution < 1.29 is 18.7 Å². The normalized spacial score (nSPS) is 12.1. The number of para-hydroxylation sites is 1. The first kappa shape index (κ1) is 18.5. The first-order valence-corrected chi connectivity index (χ1v) is 9.80. The van der Waals surface area contributed by atoms with E-state index in [4.69, 9.17) is 4.42 Å². The van der Waals surface area contributed by atoms with Crippen molar-refractivity contribution in [3.63, 3.8) is 0 Å². The number of aryl methyl sites for hydroxylation is 1. The number of benzene rings is 1. The summed E-state index contributed by atoms with van der Waals surface area (Å²) >= 11 is 3.12. The van der Waals surface area contributed by atoms with Crippen molar-refractivity contribution in [2.75, 3.05) is 7.11 Å². The van der Waals surface area contributed by atoms with Crippen molar-refractivity contribution in [1.29, 1.82) is 0 Å². The van der Waals surface area contributed by atoms with E-state index in [9.17, 15) is 9.59 Å². The maximum Gasteiger partial charge on any atom is 0.328 e. The lowest BCUT2D eigenvalue weighted by molar-refractivity contribution is -0.142. The Balaban J connectivity index is 1.88. The van der Waals surface area contributed by atoms with Gasteiger partial charge in [0.15, 0.2) is 5.76 Å². The molecule has 0 bridgehead atoms. The van der Waals surface area contributed by atoms with E-state index in [0.717, 1.165) is 21.0 Å². The van der Waals surface area contributed by atoms with Gasteiger partial charge in [0.25, 0.3) is 5.91 Å². The van der Waals surface area contributed by atoms with Crippen LogP contribution in [0.5, 0.6) is 0 Å². The first-order chi connectivity index (χ1) is 12.5. The molecule has 0 saturated carbocycles. The molecular formula is C18H18N2O4S2. The molecule has 6 nitrogen and oxygen atoms in total.